The lowest BCUT2D eigenvalue weighted by atomic mass is 10.2. The van der Waals surface area contributed by atoms with Crippen LogP contribution in [-0.2, 0) is 19.0 Å². The Labute approximate surface area is 102 Å². The molecule has 2 rings (SSSR count). The number of alkyl halides is 3. The first-order chi connectivity index (χ1) is 8.00. The SMILES string of the molecule is CCc1sc(CC2CCCN2)nc1C(F)(F)F. The van der Waals surface area contributed by atoms with Gasteiger partial charge in [-0.1, -0.05) is 6.92 Å². The number of halogens is 3. The molecule has 0 saturated carbocycles. The highest BCUT2D eigenvalue weighted by Gasteiger charge is 2.37. The van der Waals surface area contributed by atoms with E-state index < -0.39 is 11.9 Å². The summed E-state index contributed by atoms with van der Waals surface area (Å²) in [5, 5.41) is 3.88. The fraction of sp³-hybridized carbons (Fsp3) is 0.727. The van der Waals surface area contributed by atoms with Gasteiger partial charge in [0.25, 0.3) is 0 Å². The molecule has 0 bridgehead atoms. The number of thiazole rings is 1. The van der Waals surface area contributed by atoms with E-state index in [1.54, 1.807) is 6.92 Å². The zero-order chi connectivity index (χ0) is 12.5. The van der Waals surface area contributed by atoms with Crippen LogP contribution in [0.2, 0.25) is 0 Å². The minimum atomic E-state index is -4.32. The maximum atomic E-state index is 12.7. The van der Waals surface area contributed by atoms with Crippen LogP contribution in [0, 0.1) is 0 Å². The van der Waals surface area contributed by atoms with Crippen LogP contribution in [0.5, 0.6) is 0 Å². The van der Waals surface area contributed by atoms with Crippen molar-refractivity contribution in [2.24, 2.45) is 0 Å². The molecule has 17 heavy (non-hydrogen) atoms. The molecule has 1 saturated heterocycles. The van der Waals surface area contributed by atoms with Gasteiger partial charge in [0.1, 0.15) is 0 Å². The van der Waals surface area contributed by atoms with Crippen molar-refractivity contribution in [3.05, 3.63) is 15.6 Å². The molecule has 1 aliphatic heterocycles. The summed E-state index contributed by atoms with van der Waals surface area (Å²) in [4.78, 5) is 4.12. The standard InChI is InChI=1S/C11H15F3N2S/c1-2-8-10(11(12,13)14)16-9(17-8)6-7-4-3-5-15-7/h7,15H,2-6H2,1H3. The van der Waals surface area contributed by atoms with E-state index in [0.29, 0.717) is 28.8 Å². The highest BCUT2D eigenvalue weighted by molar-refractivity contribution is 7.11. The van der Waals surface area contributed by atoms with Gasteiger partial charge in [-0.25, -0.2) is 4.98 Å². The van der Waals surface area contributed by atoms with Gasteiger partial charge >= 0.3 is 6.18 Å². The lowest BCUT2D eigenvalue weighted by Crippen LogP contribution is -2.23. The summed E-state index contributed by atoms with van der Waals surface area (Å²) in [6, 6.07) is 0.298. The number of nitrogens with zero attached hydrogens (tertiary/aromatic N) is 1. The van der Waals surface area contributed by atoms with Crippen LogP contribution in [0.3, 0.4) is 0 Å². The van der Waals surface area contributed by atoms with Crippen molar-refractivity contribution in [2.45, 2.75) is 44.8 Å². The molecular weight excluding hydrogens is 249 g/mol. The minimum Gasteiger partial charge on any atom is -0.314 e. The van der Waals surface area contributed by atoms with Crippen molar-refractivity contribution >= 4 is 11.3 Å². The Bertz CT molecular complexity index is 381. The molecule has 1 aromatic rings. The zero-order valence-corrected chi connectivity index (χ0v) is 10.4. The average molecular weight is 264 g/mol. The monoisotopic (exact) mass is 264 g/mol. The van der Waals surface area contributed by atoms with Gasteiger partial charge in [0.05, 0.1) is 5.01 Å². The average Bonchev–Trinajstić information content (AvgIpc) is 2.86. The highest BCUT2D eigenvalue weighted by Crippen LogP contribution is 2.35. The number of hydrogen-bond donors (Lipinski definition) is 1. The summed E-state index contributed by atoms with van der Waals surface area (Å²) in [5.74, 6) is 0. The molecule has 1 atom stereocenters. The number of nitrogens with one attached hydrogen (secondary N) is 1. The third kappa shape index (κ3) is 2.98. The summed E-state index contributed by atoms with van der Waals surface area (Å²) < 4.78 is 38.1. The third-order valence-electron chi connectivity index (χ3n) is 2.91. The molecule has 2 nitrogen and oxygen atoms in total. The largest absolute Gasteiger partial charge is 0.434 e. The van der Waals surface area contributed by atoms with Crippen LogP contribution < -0.4 is 5.32 Å². The normalized spacial score (nSPS) is 21.1. The van der Waals surface area contributed by atoms with E-state index in [-0.39, 0.29) is 0 Å². The van der Waals surface area contributed by atoms with Gasteiger partial charge in [0, 0.05) is 17.3 Å². The van der Waals surface area contributed by atoms with Crippen molar-refractivity contribution < 1.29 is 13.2 Å². The van der Waals surface area contributed by atoms with Crippen molar-refractivity contribution in [1.82, 2.24) is 10.3 Å². The second-order valence-corrected chi connectivity index (χ2v) is 5.40. The molecule has 1 aliphatic rings. The Hall–Kier alpha value is -0.620. The Morgan fingerprint density at radius 3 is 2.71 bits per heavy atom. The maximum Gasteiger partial charge on any atom is 0.434 e. The van der Waals surface area contributed by atoms with Gasteiger partial charge in [-0.2, -0.15) is 13.2 Å². The molecule has 1 aromatic heterocycles. The Kier molecular flexibility index (Phi) is 3.73. The lowest BCUT2D eigenvalue weighted by molar-refractivity contribution is -0.141. The predicted molar refractivity (Wildman–Crippen MR) is 61.2 cm³/mol. The molecule has 0 spiro atoms. The summed E-state index contributed by atoms with van der Waals surface area (Å²) in [6.07, 6.45) is -1.17. The van der Waals surface area contributed by atoms with Crippen LogP contribution >= 0.6 is 11.3 Å². The molecule has 0 amide bonds. The van der Waals surface area contributed by atoms with Gasteiger partial charge in [-0.15, -0.1) is 11.3 Å². The molecule has 0 radical (unpaired) electrons. The van der Waals surface area contributed by atoms with Crippen LogP contribution in [0.4, 0.5) is 13.2 Å². The van der Waals surface area contributed by atoms with Crippen molar-refractivity contribution in [2.75, 3.05) is 6.54 Å². The first-order valence-electron chi connectivity index (χ1n) is 5.80. The Balaban J connectivity index is 2.15. The van der Waals surface area contributed by atoms with E-state index >= 15 is 0 Å². The number of aromatic nitrogens is 1. The molecule has 0 aromatic carbocycles. The van der Waals surface area contributed by atoms with Crippen molar-refractivity contribution in [3.8, 4) is 0 Å². The molecule has 1 unspecified atom stereocenters. The quantitative estimate of drug-likeness (QED) is 0.907. The molecule has 0 aliphatic carbocycles. The third-order valence-corrected chi connectivity index (χ3v) is 4.14. The Morgan fingerprint density at radius 1 is 1.47 bits per heavy atom. The van der Waals surface area contributed by atoms with Gasteiger partial charge in [0.15, 0.2) is 5.69 Å². The maximum absolute atomic E-state index is 12.7. The molecule has 1 N–H and O–H groups in total. The minimum absolute atomic E-state index is 0.298. The topological polar surface area (TPSA) is 24.9 Å². The number of rotatable bonds is 3. The van der Waals surface area contributed by atoms with Gasteiger partial charge in [-0.3, -0.25) is 0 Å². The molecule has 2 heterocycles. The van der Waals surface area contributed by atoms with E-state index in [9.17, 15) is 13.2 Å². The van der Waals surface area contributed by atoms with Crippen molar-refractivity contribution in [3.63, 3.8) is 0 Å². The van der Waals surface area contributed by atoms with E-state index in [1.165, 1.54) is 11.3 Å². The number of aryl methyl sites for hydroxylation is 1. The molecule has 1 fully saturated rings. The molecule has 96 valence electrons. The fourth-order valence-corrected chi connectivity index (χ4v) is 3.20. The van der Waals surface area contributed by atoms with Gasteiger partial charge < -0.3 is 5.32 Å². The Morgan fingerprint density at radius 2 is 2.24 bits per heavy atom. The van der Waals surface area contributed by atoms with E-state index in [4.69, 9.17) is 0 Å². The van der Waals surface area contributed by atoms with E-state index in [1.807, 2.05) is 0 Å². The van der Waals surface area contributed by atoms with Crippen LogP contribution in [-0.4, -0.2) is 17.6 Å². The fourth-order valence-electron chi connectivity index (χ4n) is 2.09. The van der Waals surface area contributed by atoms with Crippen molar-refractivity contribution in [1.29, 1.82) is 0 Å². The summed E-state index contributed by atoms with van der Waals surface area (Å²) in [5.41, 5.74) is -0.682. The molecular formula is C11H15F3N2S. The smallest absolute Gasteiger partial charge is 0.314 e. The molecule has 6 heteroatoms. The second-order valence-electron chi connectivity index (χ2n) is 4.23. The highest BCUT2D eigenvalue weighted by atomic mass is 32.1. The first-order valence-corrected chi connectivity index (χ1v) is 6.61. The summed E-state index contributed by atoms with van der Waals surface area (Å²) in [7, 11) is 0. The first kappa shape index (κ1) is 12.8. The van der Waals surface area contributed by atoms with Gasteiger partial charge in [-0.05, 0) is 25.8 Å². The van der Waals surface area contributed by atoms with Crippen LogP contribution in [0.15, 0.2) is 0 Å². The predicted octanol–water partition coefficient (Wildman–Crippen LogP) is 3.02. The van der Waals surface area contributed by atoms with Gasteiger partial charge in [0.2, 0.25) is 0 Å². The number of hydrogen-bond acceptors (Lipinski definition) is 3. The van der Waals surface area contributed by atoms with Crippen LogP contribution in [0.25, 0.3) is 0 Å². The van der Waals surface area contributed by atoms with E-state index in [0.717, 1.165) is 19.4 Å². The van der Waals surface area contributed by atoms with Crippen LogP contribution in [0.1, 0.15) is 35.3 Å². The second kappa shape index (κ2) is 4.94. The lowest BCUT2D eigenvalue weighted by Gasteiger charge is -2.06. The summed E-state index contributed by atoms with van der Waals surface area (Å²) >= 11 is 1.20. The summed E-state index contributed by atoms with van der Waals surface area (Å²) in [6.45, 7) is 2.70. The zero-order valence-electron chi connectivity index (χ0n) is 9.60. The van der Waals surface area contributed by atoms with E-state index in [2.05, 4.69) is 10.3 Å².